The topological polar surface area (TPSA) is 69.3 Å². The lowest BCUT2D eigenvalue weighted by molar-refractivity contribution is -0.131. The second-order valence-electron chi connectivity index (χ2n) is 8.56. The van der Waals surface area contributed by atoms with Crippen molar-refractivity contribution in [1.29, 1.82) is 0 Å². The third kappa shape index (κ3) is 4.43. The largest absolute Gasteiger partial charge is 0.368 e. The highest BCUT2D eigenvalue weighted by molar-refractivity contribution is 7.98. The number of hydrogen-bond donors (Lipinski definition) is 1. The number of aromatic nitrogens is 2. The molecule has 1 N–H and O–H groups in total. The molecule has 5 rings (SSSR count). The minimum atomic E-state index is -0.00689. The Bertz CT molecular complexity index is 1190. The Balaban J connectivity index is 1.09. The molecule has 8 heteroatoms. The Morgan fingerprint density at radius 1 is 1.22 bits per heavy atom. The van der Waals surface area contributed by atoms with Crippen LogP contribution in [0.5, 0.6) is 0 Å². The third-order valence-corrected chi connectivity index (χ3v) is 8.48. The monoisotopic (exact) mass is 468 g/mol. The molecule has 1 aromatic carbocycles. The van der Waals surface area contributed by atoms with E-state index in [1.165, 1.54) is 21.7 Å². The zero-order valence-corrected chi connectivity index (χ0v) is 20.0. The van der Waals surface area contributed by atoms with Gasteiger partial charge in [-0.3, -0.25) is 9.59 Å². The number of carbonyl (C=O) groups excluding carboxylic acids is 1. The van der Waals surface area contributed by atoms with Crippen molar-refractivity contribution >= 4 is 44.9 Å². The second-order valence-corrected chi connectivity index (χ2v) is 10.7. The number of benzene rings is 1. The van der Waals surface area contributed by atoms with Crippen molar-refractivity contribution in [2.45, 2.75) is 38.4 Å². The van der Waals surface area contributed by atoms with Gasteiger partial charge in [0.2, 0.25) is 5.91 Å². The maximum atomic E-state index is 12.6. The molecule has 0 spiro atoms. The number of fused-ring (bicyclic) bond motifs is 3. The first kappa shape index (κ1) is 21.5. The summed E-state index contributed by atoms with van der Waals surface area (Å²) in [4.78, 5) is 39.4. The minimum absolute atomic E-state index is 0.00689. The normalized spacial score (nSPS) is 16.0. The highest BCUT2D eigenvalue weighted by Crippen LogP contribution is 2.34. The van der Waals surface area contributed by atoms with E-state index < -0.39 is 0 Å². The standard InChI is InChI=1S/C24H28N4O2S2/c1-16-4-2-5-17(14-16)27-9-11-28(12-10-27)21(29)8-13-31-15-20-25-23(30)22-18-6-3-7-19(18)32-24(22)26-20/h2,4-5,14H,3,6-13,15H2,1H3,(H,25,26,30). The second kappa shape index (κ2) is 9.27. The molecule has 0 atom stereocenters. The van der Waals surface area contributed by atoms with Crippen LogP contribution < -0.4 is 10.5 Å². The molecule has 6 nitrogen and oxygen atoms in total. The summed E-state index contributed by atoms with van der Waals surface area (Å²) in [6.45, 7) is 5.39. The van der Waals surface area contributed by atoms with Crippen molar-refractivity contribution in [3.63, 3.8) is 0 Å². The van der Waals surface area contributed by atoms with Gasteiger partial charge in [0.25, 0.3) is 5.56 Å². The number of aromatic amines is 1. The average molecular weight is 469 g/mol. The Kier molecular flexibility index (Phi) is 6.24. The number of aryl methyl sites for hydroxylation is 3. The molecule has 1 amide bonds. The fraction of sp³-hybridized carbons (Fsp3) is 0.458. The van der Waals surface area contributed by atoms with Gasteiger partial charge in [-0.2, -0.15) is 11.8 Å². The molecule has 168 valence electrons. The van der Waals surface area contributed by atoms with Gasteiger partial charge in [0.05, 0.1) is 11.1 Å². The molecule has 1 aliphatic carbocycles. The number of hydrogen-bond acceptors (Lipinski definition) is 6. The van der Waals surface area contributed by atoms with E-state index in [2.05, 4.69) is 41.1 Å². The zero-order chi connectivity index (χ0) is 22.1. The molecule has 0 unspecified atom stereocenters. The van der Waals surface area contributed by atoms with Gasteiger partial charge < -0.3 is 14.8 Å². The predicted molar refractivity (Wildman–Crippen MR) is 133 cm³/mol. The molecule has 2 aromatic heterocycles. The van der Waals surface area contributed by atoms with Crippen molar-refractivity contribution < 1.29 is 4.79 Å². The van der Waals surface area contributed by atoms with Crippen molar-refractivity contribution in [2.24, 2.45) is 0 Å². The van der Waals surface area contributed by atoms with Crippen LogP contribution in [-0.4, -0.2) is 52.7 Å². The summed E-state index contributed by atoms with van der Waals surface area (Å²) in [6, 6.07) is 8.54. The van der Waals surface area contributed by atoms with Gasteiger partial charge in [0, 0.05) is 48.9 Å². The van der Waals surface area contributed by atoms with Crippen molar-refractivity contribution in [3.05, 3.63) is 56.4 Å². The molecule has 1 fully saturated rings. The Morgan fingerprint density at radius 2 is 2.06 bits per heavy atom. The zero-order valence-electron chi connectivity index (χ0n) is 18.4. The number of piperazine rings is 1. The summed E-state index contributed by atoms with van der Waals surface area (Å²) in [6.07, 6.45) is 3.73. The van der Waals surface area contributed by atoms with Gasteiger partial charge in [-0.25, -0.2) is 4.98 Å². The average Bonchev–Trinajstić information content (AvgIpc) is 3.38. The Morgan fingerprint density at radius 3 is 2.88 bits per heavy atom. The van der Waals surface area contributed by atoms with Gasteiger partial charge in [-0.1, -0.05) is 12.1 Å². The minimum Gasteiger partial charge on any atom is -0.368 e. The first-order chi connectivity index (χ1) is 15.6. The van der Waals surface area contributed by atoms with Gasteiger partial charge in [0.15, 0.2) is 0 Å². The molecular formula is C24H28N4O2S2. The highest BCUT2D eigenvalue weighted by atomic mass is 32.2. The summed E-state index contributed by atoms with van der Waals surface area (Å²) in [7, 11) is 0. The molecule has 32 heavy (non-hydrogen) atoms. The Labute approximate surface area is 196 Å². The molecule has 0 radical (unpaired) electrons. The fourth-order valence-corrected chi connectivity index (χ4v) is 6.71. The van der Waals surface area contributed by atoms with Crippen LogP contribution >= 0.6 is 23.1 Å². The van der Waals surface area contributed by atoms with Crippen molar-refractivity contribution in [1.82, 2.24) is 14.9 Å². The number of H-pyrrole nitrogens is 1. The number of anilines is 1. The van der Waals surface area contributed by atoms with E-state index in [-0.39, 0.29) is 11.5 Å². The van der Waals surface area contributed by atoms with Crippen molar-refractivity contribution in [3.8, 4) is 0 Å². The van der Waals surface area contributed by atoms with Crippen LogP contribution in [-0.2, 0) is 23.4 Å². The maximum Gasteiger partial charge on any atom is 0.259 e. The van der Waals surface area contributed by atoms with Crippen LogP contribution in [0.15, 0.2) is 29.1 Å². The number of amides is 1. The van der Waals surface area contributed by atoms with Gasteiger partial charge >= 0.3 is 0 Å². The number of thioether (sulfide) groups is 1. The van der Waals surface area contributed by atoms with Gasteiger partial charge in [-0.15, -0.1) is 11.3 Å². The maximum absolute atomic E-state index is 12.6. The summed E-state index contributed by atoms with van der Waals surface area (Å²) in [5, 5.41) is 0.802. The van der Waals surface area contributed by atoms with Crippen molar-refractivity contribution in [2.75, 3.05) is 36.8 Å². The molecule has 0 bridgehead atoms. The van der Waals surface area contributed by atoms with E-state index in [1.807, 2.05) is 4.90 Å². The van der Waals surface area contributed by atoms with E-state index in [4.69, 9.17) is 4.98 Å². The molecule has 2 aliphatic rings. The van der Waals surface area contributed by atoms with Crippen LogP contribution in [0.2, 0.25) is 0 Å². The molecule has 3 heterocycles. The molecule has 1 aliphatic heterocycles. The van der Waals surface area contributed by atoms with Gasteiger partial charge in [0.1, 0.15) is 10.7 Å². The molecule has 0 saturated carbocycles. The lowest BCUT2D eigenvalue weighted by Crippen LogP contribution is -2.48. The van der Waals surface area contributed by atoms with Crippen LogP contribution in [0.4, 0.5) is 5.69 Å². The summed E-state index contributed by atoms with van der Waals surface area (Å²) in [5.74, 6) is 2.29. The first-order valence-corrected chi connectivity index (χ1v) is 13.3. The Hall–Kier alpha value is -2.32. The third-order valence-electron chi connectivity index (χ3n) is 6.32. The van der Waals surface area contributed by atoms with E-state index in [9.17, 15) is 9.59 Å². The van der Waals surface area contributed by atoms with Crippen LogP contribution in [0.25, 0.3) is 10.2 Å². The number of rotatable bonds is 6. The SMILES string of the molecule is Cc1cccc(N2CCN(C(=O)CCSCc3nc4sc5c(c4c(=O)[nH]3)CCC5)CC2)c1. The number of nitrogens with one attached hydrogen (secondary N) is 1. The number of nitrogens with zero attached hydrogens (tertiary/aromatic N) is 3. The van der Waals surface area contributed by atoms with E-state index in [0.29, 0.717) is 18.0 Å². The van der Waals surface area contributed by atoms with Crippen LogP contribution in [0.1, 0.15) is 34.7 Å². The van der Waals surface area contributed by atoms with E-state index >= 15 is 0 Å². The molecular weight excluding hydrogens is 440 g/mol. The number of carbonyl (C=O) groups is 1. The van der Waals surface area contributed by atoms with E-state index in [0.717, 1.165) is 61.4 Å². The quantitative estimate of drug-likeness (QED) is 0.558. The highest BCUT2D eigenvalue weighted by Gasteiger charge is 2.22. The van der Waals surface area contributed by atoms with Crippen LogP contribution in [0.3, 0.4) is 0 Å². The lowest BCUT2D eigenvalue weighted by Gasteiger charge is -2.36. The molecule has 3 aromatic rings. The summed E-state index contributed by atoms with van der Waals surface area (Å²) in [5.41, 5.74) is 3.71. The smallest absolute Gasteiger partial charge is 0.259 e. The van der Waals surface area contributed by atoms with Gasteiger partial charge in [-0.05, 0) is 49.4 Å². The summed E-state index contributed by atoms with van der Waals surface area (Å²) < 4.78 is 0. The lowest BCUT2D eigenvalue weighted by atomic mass is 10.2. The molecule has 1 saturated heterocycles. The summed E-state index contributed by atoms with van der Waals surface area (Å²) >= 11 is 3.33. The number of thiophene rings is 1. The first-order valence-electron chi connectivity index (χ1n) is 11.3. The van der Waals surface area contributed by atoms with E-state index in [1.54, 1.807) is 23.1 Å². The van der Waals surface area contributed by atoms with Crippen LogP contribution in [0, 0.1) is 6.92 Å². The predicted octanol–water partition coefficient (Wildman–Crippen LogP) is 3.75. The fourth-order valence-electron chi connectivity index (χ4n) is 4.64.